The quantitative estimate of drug-likeness (QED) is 0.525. The van der Waals surface area contributed by atoms with Gasteiger partial charge < -0.3 is 9.72 Å². The minimum atomic E-state index is -0.525. The smallest absolute Gasteiger partial charge is 0.270 e. The Bertz CT molecular complexity index is 1180. The molecule has 0 aliphatic heterocycles. The second kappa shape index (κ2) is 8.38. The normalized spacial score (nSPS) is 10.1. The minimum Gasteiger partial charge on any atom is -0.489 e. The first kappa shape index (κ1) is 19.2. The first-order chi connectivity index (χ1) is 13.5. The number of H-pyrrole nitrogens is 1. The van der Waals surface area contributed by atoms with Crippen molar-refractivity contribution in [2.24, 2.45) is 0 Å². The maximum atomic E-state index is 14.0. The van der Waals surface area contributed by atoms with E-state index in [2.05, 4.69) is 9.97 Å². The van der Waals surface area contributed by atoms with Crippen LogP contribution in [-0.2, 0) is 6.61 Å². The number of halogens is 1. The molecule has 0 aliphatic carbocycles. The number of aromatic amines is 1. The number of thioether (sulfide) groups is 1. The molecule has 138 valence electrons. The summed E-state index contributed by atoms with van der Waals surface area (Å²) in [4.78, 5) is 18.9. The zero-order chi connectivity index (χ0) is 20.1. The van der Waals surface area contributed by atoms with Crippen LogP contribution in [0.4, 0.5) is 4.39 Å². The van der Waals surface area contributed by atoms with Crippen LogP contribution < -0.4 is 10.3 Å². The molecule has 0 unspecified atom stereocenters. The molecule has 1 N–H and O–H groups in total. The molecule has 2 aromatic carbocycles. The van der Waals surface area contributed by atoms with Gasteiger partial charge >= 0.3 is 0 Å². The molecule has 0 radical (unpaired) electrons. The van der Waals surface area contributed by atoms with Crippen LogP contribution in [0, 0.1) is 28.5 Å². The first-order valence-corrected chi connectivity index (χ1v) is 9.28. The number of hydrogen-bond donors (Lipinski definition) is 1. The average Bonchev–Trinajstić information content (AvgIpc) is 2.72. The molecule has 3 aromatic rings. The zero-order valence-corrected chi connectivity index (χ0v) is 15.5. The number of ether oxygens (including phenoxy) is 1. The lowest BCUT2D eigenvalue weighted by Gasteiger charge is -2.10. The van der Waals surface area contributed by atoms with E-state index < -0.39 is 11.4 Å². The largest absolute Gasteiger partial charge is 0.489 e. The first-order valence-electron chi connectivity index (χ1n) is 8.06. The van der Waals surface area contributed by atoms with E-state index in [0.717, 1.165) is 6.07 Å². The number of nitrogens with zero attached hydrogens (tertiary/aromatic N) is 3. The second-order valence-corrected chi connectivity index (χ2v) is 6.44. The van der Waals surface area contributed by atoms with Crippen molar-refractivity contribution in [2.45, 2.75) is 11.8 Å². The number of nitriles is 2. The Kier molecular flexibility index (Phi) is 5.73. The van der Waals surface area contributed by atoms with Crippen LogP contribution in [0.25, 0.3) is 11.3 Å². The second-order valence-electron chi connectivity index (χ2n) is 5.65. The van der Waals surface area contributed by atoms with Crippen molar-refractivity contribution in [1.29, 1.82) is 10.5 Å². The van der Waals surface area contributed by atoms with Crippen LogP contribution >= 0.6 is 11.8 Å². The van der Waals surface area contributed by atoms with E-state index in [1.54, 1.807) is 30.5 Å². The fourth-order valence-corrected chi connectivity index (χ4v) is 2.87. The highest BCUT2D eigenvalue weighted by molar-refractivity contribution is 7.98. The van der Waals surface area contributed by atoms with Gasteiger partial charge in [0.15, 0.2) is 5.16 Å². The van der Waals surface area contributed by atoms with Crippen molar-refractivity contribution >= 4 is 11.8 Å². The molecule has 1 aromatic heterocycles. The third kappa shape index (κ3) is 4.03. The molecule has 6 nitrogen and oxygen atoms in total. The molecule has 0 fully saturated rings. The van der Waals surface area contributed by atoms with E-state index in [4.69, 9.17) is 10.00 Å². The Morgan fingerprint density at radius 1 is 1.21 bits per heavy atom. The number of nitrogens with one attached hydrogen (secondary N) is 1. The van der Waals surface area contributed by atoms with Crippen LogP contribution in [0.2, 0.25) is 0 Å². The van der Waals surface area contributed by atoms with Crippen LogP contribution in [0.5, 0.6) is 5.75 Å². The summed E-state index contributed by atoms with van der Waals surface area (Å²) >= 11 is 1.26. The predicted octanol–water partition coefficient (Wildman–Crippen LogP) is 3.62. The van der Waals surface area contributed by atoms with Crippen LogP contribution in [0.1, 0.15) is 16.7 Å². The van der Waals surface area contributed by atoms with Gasteiger partial charge in [0.1, 0.15) is 29.8 Å². The molecule has 0 atom stereocenters. The van der Waals surface area contributed by atoms with Gasteiger partial charge in [0.2, 0.25) is 0 Å². The van der Waals surface area contributed by atoms with Gasteiger partial charge in [-0.15, -0.1) is 0 Å². The lowest BCUT2D eigenvalue weighted by molar-refractivity contribution is 0.300. The SMILES string of the molecule is CSc1nc(-c2cccc(OCc3ccc(C#N)cc3F)c2)c(C#N)c(=O)[nH]1. The summed E-state index contributed by atoms with van der Waals surface area (Å²) in [5, 5.41) is 18.5. The molecule has 0 saturated heterocycles. The molecule has 0 spiro atoms. The van der Waals surface area contributed by atoms with Crippen molar-refractivity contribution in [3.63, 3.8) is 0 Å². The van der Waals surface area contributed by atoms with Gasteiger partial charge in [0, 0.05) is 11.1 Å². The molecule has 1 heterocycles. The van der Waals surface area contributed by atoms with E-state index in [-0.39, 0.29) is 23.4 Å². The molecule has 3 rings (SSSR count). The number of hydrogen-bond acceptors (Lipinski definition) is 6. The molecular weight excluding hydrogens is 379 g/mol. The lowest BCUT2D eigenvalue weighted by atomic mass is 10.1. The van der Waals surface area contributed by atoms with Gasteiger partial charge in [-0.1, -0.05) is 30.0 Å². The van der Waals surface area contributed by atoms with Gasteiger partial charge in [-0.3, -0.25) is 4.79 Å². The zero-order valence-electron chi connectivity index (χ0n) is 14.7. The maximum Gasteiger partial charge on any atom is 0.270 e. The number of aromatic nitrogens is 2. The highest BCUT2D eigenvalue weighted by atomic mass is 32.2. The van der Waals surface area contributed by atoms with E-state index >= 15 is 0 Å². The van der Waals surface area contributed by atoms with E-state index in [9.17, 15) is 14.4 Å². The molecule has 0 amide bonds. The summed E-state index contributed by atoms with van der Waals surface area (Å²) < 4.78 is 19.6. The summed E-state index contributed by atoms with van der Waals surface area (Å²) in [6.45, 7) is -0.0367. The lowest BCUT2D eigenvalue weighted by Crippen LogP contribution is -2.14. The van der Waals surface area contributed by atoms with Crippen LogP contribution in [0.3, 0.4) is 0 Å². The van der Waals surface area contributed by atoms with Crippen molar-refractivity contribution in [2.75, 3.05) is 6.26 Å². The Balaban J connectivity index is 1.90. The van der Waals surface area contributed by atoms with Crippen molar-refractivity contribution in [3.8, 4) is 29.1 Å². The molecule has 0 aliphatic rings. The summed E-state index contributed by atoms with van der Waals surface area (Å²) in [5.74, 6) is -0.0965. The van der Waals surface area contributed by atoms with Gasteiger partial charge in [0.25, 0.3) is 5.56 Å². The van der Waals surface area contributed by atoms with Gasteiger partial charge in [-0.25, -0.2) is 9.37 Å². The average molecular weight is 392 g/mol. The van der Waals surface area contributed by atoms with E-state index in [1.807, 2.05) is 12.1 Å². The predicted molar refractivity (Wildman–Crippen MR) is 102 cm³/mol. The fourth-order valence-electron chi connectivity index (χ4n) is 2.49. The molecule has 0 saturated carbocycles. The Hall–Kier alpha value is -3.62. The van der Waals surface area contributed by atoms with E-state index in [1.165, 1.54) is 23.9 Å². The van der Waals surface area contributed by atoms with Crippen LogP contribution in [-0.4, -0.2) is 16.2 Å². The highest BCUT2D eigenvalue weighted by Gasteiger charge is 2.14. The number of rotatable bonds is 5. The van der Waals surface area contributed by atoms with Crippen molar-refractivity contribution < 1.29 is 9.13 Å². The minimum absolute atomic E-state index is 0.0367. The summed E-state index contributed by atoms with van der Waals surface area (Å²) in [5.41, 5.74) is 0.732. The van der Waals surface area contributed by atoms with Crippen LogP contribution in [0.15, 0.2) is 52.4 Å². The van der Waals surface area contributed by atoms with E-state index in [0.29, 0.717) is 22.0 Å². The summed E-state index contributed by atoms with van der Waals surface area (Å²) in [6, 6.07) is 14.6. The Morgan fingerprint density at radius 3 is 2.71 bits per heavy atom. The summed E-state index contributed by atoms with van der Waals surface area (Å²) in [6.07, 6.45) is 1.76. The fraction of sp³-hybridized carbons (Fsp3) is 0.100. The highest BCUT2D eigenvalue weighted by Crippen LogP contribution is 2.25. The molecule has 0 bridgehead atoms. The summed E-state index contributed by atoms with van der Waals surface area (Å²) in [7, 11) is 0. The third-order valence-corrected chi connectivity index (χ3v) is 4.47. The standard InChI is InChI=1S/C20H13FN4O2S/c1-28-20-24-18(16(10-23)19(26)25-20)13-3-2-4-15(8-13)27-11-14-6-5-12(9-22)7-17(14)21/h2-8H,11H2,1H3,(H,24,25,26). The Morgan fingerprint density at radius 2 is 2.04 bits per heavy atom. The third-order valence-electron chi connectivity index (χ3n) is 3.89. The maximum absolute atomic E-state index is 14.0. The Labute approximate surface area is 164 Å². The van der Waals surface area contributed by atoms with Crippen molar-refractivity contribution in [3.05, 3.63) is 75.3 Å². The topological polar surface area (TPSA) is 103 Å². The van der Waals surface area contributed by atoms with Gasteiger partial charge in [-0.2, -0.15) is 10.5 Å². The monoisotopic (exact) mass is 392 g/mol. The number of benzene rings is 2. The van der Waals surface area contributed by atoms with Gasteiger partial charge in [-0.05, 0) is 30.5 Å². The molecular formula is C20H13FN4O2S. The molecule has 8 heteroatoms. The van der Waals surface area contributed by atoms with Gasteiger partial charge in [0.05, 0.1) is 17.3 Å². The van der Waals surface area contributed by atoms with Crippen molar-refractivity contribution in [1.82, 2.24) is 9.97 Å². The molecule has 28 heavy (non-hydrogen) atoms.